The van der Waals surface area contributed by atoms with Crippen molar-refractivity contribution in [2.45, 2.75) is 13.0 Å². The Morgan fingerprint density at radius 1 is 1.69 bits per heavy atom. The Bertz CT molecular complexity index is 372. The van der Waals surface area contributed by atoms with Crippen molar-refractivity contribution in [3.8, 4) is 0 Å². The zero-order valence-corrected chi connectivity index (χ0v) is 10.2. The maximum Gasteiger partial charge on any atom is 0.246 e. The van der Waals surface area contributed by atoms with Gasteiger partial charge in [-0.15, -0.1) is 11.3 Å². The lowest BCUT2D eigenvalue weighted by molar-refractivity contribution is -0.128. The molecule has 1 amide bonds. The van der Waals surface area contributed by atoms with Gasteiger partial charge in [0.1, 0.15) is 0 Å². The third-order valence-electron chi connectivity index (χ3n) is 2.72. The first-order chi connectivity index (χ1) is 7.77. The van der Waals surface area contributed by atoms with Crippen LogP contribution < -0.4 is 5.32 Å². The Kier molecular flexibility index (Phi) is 3.74. The van der Waals surface area contributed by atoms with E-state index in [1.807, 2.05) is 28.5 Å². The van der Waals surface area contributed by atoms with Crippen LogP contribution in [0.4, 0.5) is 0 Å². The molecule has 2 heterocycles. The lowest BCUT2D eigenvalue weighted by Gasteiger charge is -2.33. The van der Waals surface area contributed by atoms with Gasteiger partial charge in [0.2, 0.25) is 5.91 Å². The summed E-state index contributed by atoms with van der Waals surface area (Å²) in [4.78, 5) is 15.0. The van der Waals surface area contributed by atoms with Gasteiger partial charge in [-0.1, -0.05) is 6.07 Å². The molecule has 1 aliphatic rings. The van der Waals surface area contributed by atoms with Crippen molar-refractivity contribution in [2.24, 2.45) is 0 Å². The second-order valence-corrected chi connectivity index (χ2v) is 4.91. The molecule has 0 radical (unpaired) electrons. The van der Waals surface area contributed by atoms with E-state index in [0.29, 0.717) is 0 Å². The van der Waals surface area contributed by atoms with Crippen molar-refractivity contribution in [2.75, 3.05) is 19.6 Å². The molecule has 0 aliphatic carbocycles. The van der Waals surface area contributed by atoms with Gasteiger partial charge < -0.3 is 10.2 Å². The van der Waals surface area contributed by atoms with Crippen molar-refractivity contribution < 1.29 is 4.79 Å². The van der Waals surface area contributed by atoms with Crippen LogP contribution in [0.1, 0.15) is 11.8 Å². The van der Waals surface area contributed by atoms with Gasteiger partial charge in [-0.25, -0.2) is 0 Å². The molecule has 0 unspecified atom stereocenters. The number of nitrogens with one attached hydrogen (secondary N) is 1. The van der Waals surface area contributed by atoms with E-state index < -0.39 is 0 Å². The van der Waals surface area contributed by atoms with Gasteiger partial charge in [-0.3, -0.25) is 4.79 Å². The summed E-state index contributed by atoms with van der Waals surface area (Å²) < 4.78 is 0. The van der Waals surface area contributed by atoms with Gasteiger partial charge in [0, 0.05) is 36.6 Å². The molecule has 0 spiro atoms. The van der Waals surface area contributed by atoms with E-state index in [-0.39, 0.29) is 11.9 Å². The van der Waals surface area contributed by atoms with Crippen LogP contribution in [-0.2, 0) is 4.79 Å². The second-order valence-electron chi connectivity index (χ2n) is 3.93. The zero-order chi connectivity index (χ0) is 11.4. The lowest BCUT2D eigenvalue weighted by atomic mass is 10.2. The fourth-order valence-corrected chi connectivity index (χ4v) is 2.42. The molecule has 1 saturated heterocycles. The Balaban J connectivity index is 1.97. The van der Waals surface area contributed by atoms with Crippen LogP contribution in [0.5, 0.6) is 0 Å². The SMILES string of the molecule is C[C@H]1CNCCN1C(=O)/C=C/c1cccs1. The van der Waals surface area contributed by atoms with Gasteiger partial charge in [-0.2, -0.15) is 0 Å². The topological polar surface area (TPSA) is 32.3 Å². The Morgan fingerprint density at radius 2 is 2.56 bits per heavy atom. The number of carbonyl (C=O) groups excluding carboxylic acids is 1. The quantitative estimate of drug-likeness (QED) is 0.791. The summed E-state index contributed by atoms with van der Waals surface area (Å²) in [5, 5.41) is 5.28. The monoisotopic (exact) mass is 236 g/mol. The van der Waals surface area contributed by atoms with Crippen molar-refractivity contribution in [3.05, 3.63) is 28.5 Å². The third kappa shape index (κ3) is 2.71. The van der Waals surface area contributed by atoms with Gasteiger partial charge >= 0.3 is 0 Å². The van der Waals surface area contributed by atoms with Crippen molar-refractivity contribution >= 4 is 23.3 Å². The minimum absolute atomic E-state index is 0.113. The zero-order valence-electron chi connectivity index (χ0n) is 9.35. The molecule has 4 heteroatoms. The Morgan fingerprint density at radius 3 is 3.25 bits per heavy atom. The van der Waals surface area contributed by atoms with Crippen LogP contribution >= 0.6 is 11.3 Å². The van der Waals surface area contributed by atoms with E-state index >= 15 is 0 Å². The molecule has 1 aromatic heterocycles. The van der Waals surface area contributed by atoms with E-state index in [0.717, 1.165) is 24.5 Å². The summed E-state index contributed by atoms with van der Waals surface area (Å²) >= 11 is 1.64. The average Bonchev–Trinajstić information content (AvgIpc) is 2.79. The van der Waals surface area contributed by atoms with Crippen LogP contribution in [0, 0.1) is 0 Å². The number of rotatable bonds is 2. The standard InChI is InChI=1S/C12H16N2OS/c1-10-9-13-6-7-14(10)12(15)5-4-11-3-2-8-16-11/h2-5,8,10,13H,6-7,9H2,1H3/b5-4+/t10-/m0/s1. The highest BCUT2D eigenvalue weighted by Crippen LogP contribution is 2.11. The van der Waals surface area contributed by atoms with Crippen molar-refractivity contribution in [1.82, 2.24) is 10.2 Å². The van der Waals surface area contributed by atoms with Crippen LogP contribution in [-0.4, -0.2) is 36.5 Å². The van der Waals surface area contributed by atoms with Gasteiger partial charge in [0.25, 0.3) is 0 Å². The van der Waals surface area contributed by atoms with E-state index in [1.165, 1.54) is 0 Å². The van der Waals surface area contributed by atoms with E-state index in [4.69, 9.17) is 0 Å². The Labute approximate surface area is 99.8 Å². The van der Waals surface area contributed by atoms with Crippen molar-refractivity contribution in [1.29, 1.82) is 0 Å². The summed E-state index contributed by atoms with van der Waals surface area (Å²) in [5.41, 5.74) is 0. The highest BCUT2D eigenvalue weighted by Gasteiger charge is 2.20. The summed E-state index contributed by atoms with van der Waals surface area (Å²) in [6.45, 7) is 4.65. The number of hydrogen-bond acceptors (Lipinski definition) is 3. The summed E-state index contributed by atoms with van der Waals surface area (Å²) in [7, 11) is 0. The maximum atomic E-state index is 11.9. The minimum atomic E-state index is 0.113. The van der Waals surface area contributed by atoms with Crippen LogP contribution in [0.3, 0.4) is 0 Å². The largest absolute Gasteiger partial charge is 0.334 e. The smallest absolute Gasteiger partial charge is 0.246 e. The van der Waals surface area contributed by atoms with Gasteiger partial charge in [0.05, 0.1) is 0 Å². The molecule has 0 bridgehead atoms. The molecular weight excluding hydrogens is 220 g/mol. The number of hydrogen-bond donors (Lipinski definition) is 1. The summed E-state index contributed by atoms with van der Waals surface area (Å²) in [5.74, 6) is 0.113. The molecule has 86 valence electrons. The molecule has 1 fully saturated rings. The highest BCUT2D eigenvalue weighted by atomic mass is 32.1. The molecular formula is C12H16N2OS. The Hall–Kier alpha value is -1.13. The number of nitrogens with zero attached hydrogens (tertiary/aromatic N) is 1. The van der Waals surface area contributed by atoms with Gasteiger partial charge in [-0.05, 0) is 24.4 Å². The lowest BCUT2D eigenvalue weighted by Crippen LogP contribution is -2.51. The predicted molar refractivity (Wildman–Crippen MR) is 67.4 cm³/mol. The molecule has 1 aromatic rings. The molecule has 2 rings (SSSR count). The summed E-state index contributed by atoms with van der Waals surface area (Å²) in [6.07, 6.45) is 3.56. The maximum absolute atomic E-state index is 11.9. The number of carbonyl (C=O) groups is 1. The van der Waals surface area contributed by atoms with Gasteiger partial charge in [0.15, 0.2) is 0 Å². The van der Waals surface area contributed by atoms with Crippen LogP contribution in [0.25, 0.3) is 6.08 Å². The second kappa shape index (κ2) is 5.27. The van der Waals surface area contributed by atoms with E-state index in [2.05, 4.69) is 12.2 Å². The summed E-state index contributed by atoms with van der Waals surface area (Å²) in [6, 6.07) is 4.28. The van der Waals surface area contributed by atoms with Crippen LogP contribution in [0.2, 0.25) is 0 Å². The van der Waals surface area contributed by atoms with E-state index in [1.54, 1.807) is 17.4 Å². The third-order valence-corrected chi connectivity index (χ3v) is 3.56. The van der Waals surface area contributed by atoms with Crippen molar-refractivity contribution in [3.63, 3.8) is 0 Å². The fraction of sp³-hybridized carbons (Fsp3) is 0.417. The first kappa shape index (κ1) is 11.4. The number of piperazine rings is 1. The first-order valence-corrected chi connectivity index (χ1v) is 6.38. The highest BCUT2D eigenvalue weighted by molar-refractivity contribution is 7.10. The molecule has 1 aliphatic heterocycles. The first-order valence-electron chi connectivity index (χ1n) is 5.50. The molecule has 0 aromatic carbocycles. The van der Waals surface area contributed by atoms with E-state index in [9.17, 15) is 4.79 Å². The fourth-order valence-electron chi connectivity index (χ4n) is 1.80. The minimum Gasteiger partial charge on any atom is -0.334 e. The molecule has 3 nitrogen and oxygen atoms in total. The number of thiophene rings is 1. The van der Waals surface area contributed by atoms with Crippen LogP contribution in [0.15, 0.2) is 23.6 Å². The molecule has 16 heavy (non-hydrogen) atoms. The number of amides is 1. The molecule has 1 N–H and O–H groups in total. The predicted octanol–water partition coefficient (Wildman–Crippen LogP) is 1.58. The normalized spacial score (nSPS) is 21.6. The average molecular weight is 236 g/mol. The molecule has 0 saturated carbocycles. The molecule has 1 atom stereocenters.